The van der Waals surface area contributed by atoms with Crippen molar-refractivity contribution < 1.29 is 9.84 Å². The molecule has 112 valence electrons. The Morgan fingerprint density at radius 3 is 2.71 bits per heavy atom. The van der Waals surface area contributed by atoms with Gasteiger partial charge in [0.05, 0.1) is 18.8 Å². The number of nitrogens with one attached hydrogen (secondary N) is 1. The molecule has 1 aromatic heterocycles. The molecule has 7 heteroatoms. The van der Waals surface area contributed by atoms with Gasteiger partial charge in [0.1, 0.15) is 5.75 Å². The predicted molar refractivity (Wildman–Crippen MR) is 82.8 cm³/mol. The molecule has 1 aromatic carbocycles. The maximum absolute atomic E-state index is 9.28. The molecule has 0 amide bonds. The average molecular weight is 309 g/mol. The lowest BCUT2D eigenvalue weighted by molar-refractivity contribution is 0.271. The van der Waals surface area contributed by atoms with Crippen LogP contribution in [-0.4, -0.2) is 27.7 Å². The first-order chi connectivity index (χ1) is 10.1. The number of hydrogen-bond acceptors (Lipinski definition) is 6. The molecule has 0 radical (unpaired) electrons. The Bertz CT molecular complexity index is 588. The molecule has 1 unspecified atom stereocenters. The third-order valence-corrected chi connectivity index (χ3v) is 3.12. The predicted octanol–water partition coefficient (Wildman–Crippen LogP) is 2.69. The number of halogens is 1. The second-order valence-electron chi connectivity index (χ2n) is 4.43. The van der Waals surface area contributed by atoms with E-state index in [0.717, 1.165) is 6.42 Å². The molecule has 0 aliphatic heterocycles. The Morgan fingerprint density at radius 1 is 1.38 bits per heavy atom. The lowest BCUT2D eigenvalue weighted by Gasteiger charge is -2.17. The first-order valence-corrected chi connectivity index (χ1v) is 6.93. The number of aliphatic hydroxyl groups excluding tert-OH is 1. The normalized spacial score (nSPS) is 12.0. The Kier molecular flexibility index (Phi) is 5.19. The van der Waals surface area contributed by atoms with Crippen molar-refractivity contribution in [1.29, 1.82) is 0 Å². The summed E-state index contributed by atoms with van der Waals surface area (Å²) in [5.74, 6) is 1.61. The van der Waals surface area contributed by atoms with Gasteiger partial charge in [0, 0.05) is 5.02 Å². The van der Waals surface area contributed by atoms with Crippen molar-refractivity contribution in [3.63, 3.8) is 0 Å². The van der Waals surface area contributed by atoms with E-state index in [2.05, 4.69) is 15.3 Å². The van der Waals surface area contributed by atoms with Gasteiger partial charge in [0.25, 0.3) is 0 Å². The van der Waals surface area contributed by atoms with E-state index >= 15 is 0 Å². The molecule has 0 aliphatic carbocycles. The van der Waals surface area contributed by atoms with Gasteiger partial charge in [-0.15, -0.1) is 0 Å². The molecule has 0 saturated carbocycles. The van der Waals surface area contributed by atoms with Gasteiger partial charge in [-0.05, 0) is 30.7 Å². The summed E-state index contributed by atoms with van der Waals surface area (Å²) in [5.41, 5.74) is 5.60. The highest BCUT2D eigenvalue weighted by atomic mass is 35.5. The van der Waals surface area contributed by atoms with Crippen LogP contribution in [0.3, 0.4) is 0 Å². The molecule has 21 heavy (non-hydrogen) atoms. The number of nitrogens with two attached hydrogens (primary N) is 1. The summed E-state index contributed by atoms with van der Waals surface area (Å²) in [6.45, 7) is 1.94. The van der Waals surface area contributed by atoms with Crippen molar-refractivity contribution in [1.82, 2.24) is 9.97 Å². The third-order valence-electron chi connectivity index (χ3n) is 2.87. The lowest BCUT2D eigenvalue weighted by Crippen LogP contribution is -2.23. The fraction of sp³-hybridized carbons (Fsp3) is 0.286. The maximum atomic E-state index is 9.28. The number of aromatic nitrogens is 2. The minimum absolute atomic E-state index is 0.0131. The van der Waals surface area contributed by atoms with Gasteiger partial charge in [-0.3, -0.25) is 0 Å². The van der Waals surface area contributed by atoms with E-state index in [-0.39, 0.29) is 18.6 Å². The summed E-state index contributed by atoms with van der Waals surface area (Å²) in [6.07, 6.45) is 2.23. The summed E-state index contributed by atoms with van der Waals surface area (Å²) in [4.78, 5) is 8.04. The summed E-state index contributed by atoms with van der Waals surface area (Å²) in [5, 5.41) is 13.0. The van der Waals surface area contributed by atoms with Crippen LogP contribution < -0.4 is 15.8 Å². The van der Waals surface area contributed by atoms with E-state index < -0.39 is 0 Å². The SMILES string of the molecule is CCC(CO)Nc1nc(N)ncc1Oc1ccc(Cl)cc1. The van der Waals surface area contributed by atoms with Gasteiger partial charge in [-0.1, -0.05) is 18.5 Å². The second kappa shape index (κ2) is 7.10. The number of rotatable bonds is 6. The molecule has 4 N–H and O–H groups in total. The van der Waals surface area contributed by atoms with Crippen LogP contribution in [0.25, 0.3) is 0 Å². The molecule has 0 aliphatic rings. The zero-order chi connectivity index (χ0) is 15.2. The molecule has 0 fully saturated rings. The Morgan fingerprint density at radius 2 is 2.10 bits per heavy atom. The van der Waals surface area contributed by atoms with E-state index in [1.54, 1.807) is 24.3 Å². The third kappa shape index (κ3) is 4.21. The highest BCUT2D eigenvalue weighted by Crippen LogP contribution is 2.29. The van der Waals surface area contributed by atoms with E-state index in [1.165, 1.54) is 6.20 Å². The number of ether oxygens (including phenoxy) is 1. The molecule has 0 bridgehead atoms. The van der Waals surface area contributed by atoms with Crippen molar-refractivity contribution in [3.05, 3.63) is 35.5 Å². The van der Waals surface area contributed by atoms with Gasteiger partial charge < -0.3 is 20.9 Å². The number of hydrogen-bond donors (Lipinski definition) is 3. The quantitative estimate of drug-likeness (QED) is 0.759. The first-order valence-electron chi connectivity index (χ1n) is 6.55. The lowest BCUT2D eigenvalue weighted by atomic mass is 10.2. The standard InChI is InChI=1S/C14H17ClN4O2/c1-2-10(8-20)18-13-12(7-17-14(16)19-13)21-11-5-3-9(15)4-6-11/h3-7,10,20H,2,8H2,1H3,(H3,16,17,18,19). The van der Waals surface area contributed by atoms with Crippen molar-refractivity contribution in [2.75, 3.05) is 17.7 Å². The summed E-state index contributed by atoms with van der Waals surface area (Å²) >= 11 is 5.84. The van der Waals surface area contributed by atoms with Crippen molar-refractivity contribution >= 4 is 23.4 Å². The molecular weight excluding hydrogens is 292 g/mol. The highest BCUT2D eigenvalue weighted by Gasteiger charge is 2.12. The Hall–Kier alpha value is -2.05. The smallest absolute Gasteiger partial charge is 0.222 e. The van der Waals surface area contributed by atoms with Gasteiger partial charge in [-0.2, -0.15) is 4.98 Å². The largest absolute Gasteiger partial charge is 0.452 e. The van der Waals surface area contributed by atoms with Crippen LogP contribution >= 0.6 is 11.6 Å². The van der Waals surface area contributed by atoms with Crippen molar-refractivity contribution in [2.45, 2.75) is 19.4 Å². The zero-order valence-corrected chi connectivity index (χ0v) is 12.3. The molecule has 1 atom stereocenters. The minimum Gasteiger partial charge on any atom is -0.452 e. The summed E-state index contributed by atoms with van der Waals surface area (Å²) in [7, 11) is 0. The zero-order valence-electron chi connectivity index (χ0n) is 11.6. The fourth-order valence-corrected chi connectivity index (χ4v) is 1.79. The van der Waals surface area contributed by atoms with Gasteiger partial charge in [0.15, 0.2) is 11.6 Å². The Labute approximate surface area is 127 Å². The number of nitrogen functional groups attached to an aromatic ring is 1. The van der Waals surface area contributed by atoms with Crippen LogP contribution in [0, 0.1) is 0 Å². The molecule has 2 aromatic rings. The van der Waals surface area contributed by atoms with Crippen molar-refractivity contribution in [2.24, 2.45) is 0 Å². The van der Waals surface area contributed by atoms with Crippen LogP contribution in [0.5, 0.6) is 11.5 Å². The van der Waals surface area contributed by atoms with Crippen LogP contribution in [0.2, 0.25) is 5.02 Å². The van der Waals surface area contributed by atoms with E-state index in [9.17, 15) is 5.11 Å². The summed E-state index contributed by atoms with van der Waals surface area (Å²) in [6, 6.07) is 6.81. The van der Waals surface area contributed by atoms with E-state index in [4.69, 9.17) is 22.1 Å². The van der Waals surface area contributed by atoms with Gasteiger partial charge in [0.2, 0.25) is 5.95 Å². The highest BCUT2D eigenvalue weighted by molar-refractivity contribution is 6.30. The molecular formula is C14H17ClN4O2. The van der Waals surface area contributed by atoms with Gasteiger partial charge in [-0.25, -0.2) is 4.98 Å². The molecule has 6 nitrogen and oxygen atoms in total. The molecule has 0 spiro atoms. The van der Waals surface area contributed by atoms with Gasteiger partial charge >= 0.3 is 0 Å². The maximum Gasteiger partial charge on any atom is 0.222 e. The Balaban J connectivity index is 2.23. The summed E-state index contributed by atoms with van der Waals surface area (Å²) < 4.78 is 5.73. The molecule has 1 heterocycles. The number of nitrogens with zero attached hydrogens (tertiary/aromatic N) is 2. The van der Waals surface area contributed by atoms with Crippen molar-refractivity contribution in [3.8, 4) is 11.5 Å². The number of aliphatic hydroxyl groups is 1. The van der Waals surface area contributed by atoms with E-state index in [1.807, 2.05) is 6.92 Å². The van der Waals surface area contributed by atoms with E-state index in [0.29, 0.717) is 22.3 Å². The monoisotopic (exact) mass is 308 g/mol. The average Bonchev–Trinajstić information content (AvgIpc) is 2.49. The number of benzene rings is 1. The molecule has 2 rings (SSSR count). The van der Waals surface area contributed by atoms with Crippen LogP contribution in [-0.2, 0) is 0 Å². The number of anilines is 2. The molecule has 0 saturated heterocycles. The van der Waals surface area contributed by atoms with Crippen LogP contribution in [0.4, 0.5) is 11.8 Å². The topological polar surface area (TPSA) is 93.3 Å². The van der Waals surface area contributed by atoms with Crippen LogP contribution in [0.1, 0.15) is 13.3 Å². The minimum atomic E-state index is -0.133. The fourth-order valence-electron chi connectivity index (χ4n) is 1.66. The second-order valence-corrected chi connectivity index (χ2v) is 4.87. The van der Waals surface area contributed by atoms with Crippen LogP contribution in [0.15, 0.2) is 30.5 Å². The first kappa shape index (κ1) is 15.3.